The normalized spacial score (nSPS) is 11.6. The van der Waals surface area contributed by atoms with Crippen molar-refractivity contribution < 1.29 is 0 Å². The first-order valence-corrected chi connectivity index (χ1v) is 7.33. The average Bonchev–Trinajstić information content (AvgIpc) is 2.34. The predicted octanol–water partition coefficient (Wildman–Crippen LogP) is 3.98. The minimum atomic E-state index is 0.536. The smallest absolute Gasteiger partial charge is 0.0439 e. The Morgan fingerprint density at radius 1 is 0.824 bits per heavy atom. The zero-order chi connectivity index (χ0) is 12.1. The predicted molar refractivity (Wildman–Crippen MR) is 79.3 cm³/mol. The first-order valence-electron chi connectivity index (χ1n) is 5.54. The average molecular weight is 259 g/mol. The third kappa shape index (κ3) is 4.04. The molecule has 0 aliphatic rings. The Kier molecular flexibility index (Phi) is 4.42. The van der Waals surface area contributed by atoms with E-state index in [9.17, 15) is 0 Å². The second-order valence-corrected chi connectivity index (χ2v) is 6.33. The van der Waals surface area contributed by atoms with E-state index in [4.69, 9.17) is 0 Å². The Morgan fingerprint density at radius 2 is 1.35 bits per heavy atom. The van der Waals surface area contributed by atoms with Gasteiger partial charge in [-0.15, -0.1) is 0 Å². The third-order valence-electron chi connectivity index (χ3n) is 2.43. The second-order valence-electron chi connectivity index (χ2n) is 4.01. The minimum absolute atomic E-state index is 0.536. The Morgan fingerprint density at radius 3 is 1.94 bits per heavy atom. The molecule has 17 heavy (non-hydrogen) atoms. The first kappa shape index (κ1) is 12.4. The van der Waals surface area contributed by atoms with Crippen molar-refractivity contribution in [3.63, 3.8) is 0 Å². The lowest BCUT2D eigenvalue weighted by Gasteiger charge is -1.97. The second kappa shape index (κ2) is 6.05. The molecule has 0 saturated carbocycles. The molecular weight excluding hydrogens is 244 g/mol. The van der Waals surface area contributed by atoms with Gasteiger partial charge in [0.2, 0.25) is 0 Å². The molecule has 1 unspecified atom stereocenters. The molecule has 2 aromatic carbocycles. The van der Waals surface area contributed by atoms with Gasteiger partial charge < -0.3 is 0 Å². The van der Waals surface area contributed by atoms with Crippen LogP contribution >= 0.6 is 17.1 Å². The fraction of sp³-hybridized carbons (Fsp3) is 0.143. The Bertz CT molecular complexity index is 501. The summed E-state index contributed by atoms with van der Waals surface area (Å²) in [6, 6.07) is 17.1. The van der Waals surface area contributed by atoms with Crippen molar-refractivity contribution in [2.45, 2.75) is 13.8 Å². The van der Waals surface area contributed by atoms with Gasteiger partial charge in [-0.2, -0.15) is 0 Å². The molecule has 0 bridgehead atoms. The molecule has 0 heterocycles. The van der Waals surface area contributed by atoms with Crippen molar-refractivity contribution in [3.8, 4) is 0 Å². The summed E-state index contributed by atoms with van der Waals surface area (Å²) in [6.07, 6.45) is 0. The van der Waals surface area contributed by atoms with Crippen LogP contribution in [0.5, 0.6) is 0 Å². The van der Waals surface area contributed by atoms with Gasteiger partial charge in [0.15, 0.2) is 0 Å². The van der Waals surface area contributed by atoms with Crippen LogP contribution in [0.4, 0.5) is 0 Å². The number of hydrogen-bond acceptors (Lipinski definition) is 1. The van der Waals surface area contributed by atoms with Gasteiger partial charge in [-0.3, -0.25) is 0 Å². The summed E-state index contributed by atoms with van der Waals surface area (Å²) >= 11 is 0. The van der Waals surface area contributed by atoms with Crippen LogP contribution in [0.3, 0.4) is 0 Å². The topological polar surface area (TPSA) is 12.4 Å². The van der Waals surface area contributed by atoms with Gasteiger partial charge in [0.1, 0.15) is 0 Å². The van der Waals surface area contributed by atoms with E-state index in [0.29, 0.717) is 8.73 Å². The molecular formula is C14H15NP2. The van der Waals surface area contributed by atoms with Crippen LogP contribution in [0.1, 0.15) is 11.1 Å². The van der Waals surface area contributed by atoms with E-state index in [-0.39, 0.29) is 0 Å². The number of aryl methyl sites for hydroxylation is 2. The molecule has 3 heteroatoms. The maximum Gasteiger partial charge on any atom is 0.0439 e. The van der Waals surface area contributed by atoms with Crippen LogP contribution in [0.15, 0.2) is 53.0 Å². The largest absolute Gasteiger partial charge is 0.239 e. The summed E-state index contributed by atoms with van der Waals surface area (Å²) in [5.74, 6) is 0. The van der Waals surface area contributed by atoms with Crippen molar-refractivity contribution in [2.75, 3.05) is 0 Å². The number of nitrogens with zero attached hydrogens (tertiary/aromatic N) is 1. The lowest BCUT2D eigenvalue weighted by molar-refractivity contribution is 1.49. The molecule has 0 spiro atoms. The molecule has 1 nitrogen and oxygen atoms in total. The molecule has 0 N–H and O–H groups in total. The highest BCUT2D eigenvalue weighted by molar-refractivity contribution is 7.53. The van der Waals surface area contributed by atoms with Gasteiger partial charge in [0.05, 0.1) is 0 Å². The monoisotopic (exact) mass is 259 g/mol. The molecule has 1 atom stereocenters. The van der Waals surface area contributed by atoms with E-state index in [1.807, 2.05) is 0 Å². The Balaban J connectivity index is 1.97. The molecule has 0 aliphatic carbocycles. The molecule has 0 amide bonds. The van der Waals surface area contributed by atoms with Gasteiger partial charge in [0, 0.05) is 22.4 Å². The van der Waals surface area contributed by atoms with Crippen LogP contribution in [0.25, 0.3) is 0 Å². The van der Waals surface area contributed by atoms with Gasteiger partial charge in [0.25, 0.3) is 0 Å². The number of rotatable bonds is 3. The van der Waals surface area contributed by atoms with Gasteiger partial charge in [-0.05, 0) is 31.3 Å². The highest BCUT2D eigenvalue weighted by atomic mass is 31.1. The zero-order valence-corrected chi connectivity index (χ0v) is 11.9. The lowest BCUT2D eigenvalue weighted by Crippen LogP contribution is -1.91. The summed E-state index contributed by atoms with van der Waals surface area (Å²) in [5, 5.41) is 2.56. The van der Waals surface area contributed by atoms with Crippen LogP contribution < -0.4 is 10.6 Å². The van der Waals surface area contributed by atoms with Crippen LogP contribution in [0.2, 0.25) is 0 Å². The van der Waals surface area contributed by atoms with Gasteiger partial charge >= 0.3 is 0 Å². The van der Waals surface area contributed by atoms with Crippen LogP contribution in [0, 0.1) is 13.8 Å². The number of hydrogen-bond donors (Lipinski definition) is 0. The summed E-state index contributed by atoms with van der Waals surface area (Å²) in [6.45, 7) is 4.21. The summed E-state index contributed by atoms with van der Waals surface area (Å²) < 4.78 is 4.57. The third-order valence-corrected chi connectivity index (χ3v) is 4.35. The minimum Gasteiger partial charge on any atom is -0.239 e. The Labute approximate surface area is 106 Å². The first-order chi connectivity index (χ1) is 8.24. The number of benzene rings is 2. The molecule has 0 radical (unpaired) electrons. The lowest BCUT2D eigenvalue weighted by atomic mass is 10.2. The standard InChI is InChI=1S/C14H15NP2/c1-11-3-7-13(8-4-11)16-15-17-14-9-5-12(2)6-10-14/h3-10,16H,1-2H3. The van der Waals surface area contributed by atoms with E-state index >= 15 is 0 Å². The van der Waals surface area contributed by atoms with E-state index in [1.165, 1.54) is 21.7 Å². The van der Waals surface area contributed by atoms with Gasteiger partial charge in [-0.1, -0.05) is 47.5 Å². The zero-order valence-electron chi connectivity index (χ0n) is 10.0. The molecule has 0 aliphatic heterocycles. The Hall–Kier alpha value is -1.03. The summed E-state index contributed by atoms with van der Waals surface area (Å²) in [4.78, 5) is 0. The van der Waals surface area contributed by atoms with Crippen LogP contribution in [-0.2, 0) is 0 Å². The van der Waals surface area contributed by atoms with E-state index in [2.05, 4.69) is 66.9 Å². The maximum absolute atomic E-state index is 4.57. The quantitative estimate of drug-likeness (QED) is 0.739. The summed E-state index contributed by atoms with van der Waals surface area (Å²) in [7, 11) is 1.60. The van der Waals surface area contributed by atoms with E-state index < -0.39 is 0 Å². The fourth-order valence-electron chi connectivity index (χ4n) is 1.38. The highest BCUT2D eigenvalue weighted by Gasteiger charge is 1.91. The van der Waals surface area contributed by atoms with Crippen molar-refractivity contribution in [1.82, 2.24) is 0 Å². The molecule has 86 valence electrons. The molecule has 0 saturated heterocycles. The molecule has 2 rings (SSSR count). The van der Waals surface area contributed by atoms with E-state index in [0.717, 1.165) is 8.37 Å². The molecule has 0 aromatic heterocycles. The van der Waals surface area contributed by atoms with Crippen LogP contribution in [-0.4, -0.2) is 0 Å². The van der Waals surface area contributed by atoms with Crippen molar-refractivity contribution in [1.29, 1.82) is 0 Å². The summed E-state index contributed by atoms with van der Waals surface area (Å²) in [5.41, 5.74) is 2.60. The molecule has 2 aromatic rings. The molecule has 0 fully saturated rings. The van der Waals surface area contributed by atoms with Gasteiger partial charge in [-0.25, -0.2) is 4.52 Å². The van der Waals surface area contributed by atoms with Crippen molar-refractivity contribution >= 4 is 27.7 Å². The maximum atomic E-state index is 4.57. The highest BCUT2D eigenvalue weighted by Crippen LogP contribution is 2.18. The van der Waals surface area contributed by atoms with Crippen molar-refractivity contribution in [3.05, 3.63) is 59.7 Å². The fourth-order valence-corrected chi connectivity index (χ4v) is 3.10. The van der Waals surface area contributed by atoms with E-state index in [1.54, 1.807) is 0 Å². The van der Waals surface area contributed by atoms with Crippen molar-refractivity contribution in [2.24, 2.45) is 4.52 Å². The SMILES string of the molecule is Cc1ccc(P=NPc2ccc(C)cc2)cc1.